The first-order chi connectivity index (χ1) is 14.9. The van der Waals surface area contributed by atoms with Gasteiger partial charge in [-0.25, -0.2) is 4.39 Å². The highest BCUT2D eigenvalue weighted by Gasteiger charge is 2.60. The summed E-state index contributed by atoms with van der Waals surface area (Å²) >= 11 is 0. The van der Waals surface area contributed by atoms with Crippen molar-refractivity contribution < 1.29 is 23.9 Å². The second-order valence-corrected chi connectivity index (χ2v) is 10.2. The lowest BCUT2D eigenvalue weighted by Gasteiger charge is -2.51. The molecular formula is C26H33FNO3+. The summed E-state index contributed by atoms with van der Waals surface area (Å²) in [5.74, 6) is -0.311. The molecular weight excluding hydrogens is 393 g/mol. The van der Waals surface area contributed by atoms with Gasteiger partial charge >= 0.3 is 5.97 Å². The minimum Gasteiger partial charge on any atom is -0.461 e. The standard InChI is InChI=1S/C26H32FNO3/c1-16-4-3-5-19-14-22-23(24(29)26(16,19)2)21(25(30)31-22)15-28-12-10-18(11-13-28)17-6-8-20(27)9-7-17/h5-10,16,21-24,29H,3-4,11-15H2,1-2H3/p+1/t16-,21-,22+,23+,24-,26+/m0/s1. The van der Waals surface area contributed by atoms with Crippen molar-refractivity contribution in [1.29, 1.82) is 0 Å². The summed E-state index contributed by atoms with van der Waals surface area (Å²) in [5.41, 5.74) is 3.35. The molecule has 2 N–H and O–H groups in total. The zero-order chi connectivity index (χ0) is 21.8. The first-order valence-corrected chi connectivity index (χ1v) is 11.7. The monoisotopic (exact) mass is 426 g/mol. The van der Waals surface area contributed by atoms with Crippen molar-refractivity contribution in [3.63, 3.8) is 0 Å². The number of rotatable bonds is 3. The van der Waals surface area contributed by atoms with Gasteiger partial charge < -0.3 is 14.7 Å². The molecule has 2 aliphatic heterocycles. The van der Waals surface area contributed by atoms with Crippen molar-refractivity contribution in [2.45, 2.75) is 51.7 Å². The van der Waals surface area contributed by atoms with Gasteiger partial charge in [0.15, 0.2) is 0 Å². The number of aliphatic hydroxyl groups excluding tert-OH is 1. The number of hydrogen-bond acceptors (Lipinski definition) is 3. The summed E-state index contributed by atoms with van der Waals surface area (Å²) in [6.45, 7) is 6.89. The summed E-state index contributed by atoms with van der Waals surface area (Å²) < 4.78 is 19.0. The molecule has 2 fully saturated rings. The molecule has 0 spiro atoms. The molecule has 0 amide bonds. The summed E-state index contributed by atoms with van der Waals surface area (Å²) in [7, 11) is 0. The highest BCUT2D eigenvalue weighted by atomic mass is 19.1. The number of benzene rings is 1. The number of halogens is 1. The number of carbonyl (C=O) groups is 1. The quantitative estimate of drug-likeness (QED) is 0.577. The van der Waals surface area contributed by atoms with Crippen LogP contribution < -0.4 is 4.90 Å². The lowest BCUT2D eigenvalue weighted by Crippen LogP contribution is -3.13. The van der Waals surface area contributed by atoms with Gasteiger partial charge in [0, 0.05) is 24.2 Å². The maximum atomic E-state index is 13.2. The van der Waals surface area contributed by atoms with Crippen molar-refractivity contribution in [1.82, 2.24) is 0 Å². The maximum Gasteiger partial charge on any atom is 0.315 e. The molecule has 4 nitrogen and oxygen atoms in total. The Labute approximate surface area is 183 Å². The van der Waals surface area contributed by atoms with E-state index in [1.165, 1.54) is 28.2 Å². The number of hydrogen-bond donors (Lipinski definition) is 2. The third-order valence-corrected chi connectivity index (χ3v) is 8.68. The molecule has 166 valence electrons. The number of esters is 1. The molecule has 0 aromatic heterocycles. The van der Waals surface area contributed by atoms with Crippen molar-refractivity contribution in [3.8, 4) is 0 Å². The smallest absolute Gasteiger partial charge is 0.315 e. The van der Waals surface area contributed by atoms with Gasteiger partial charge in [0.1, 0.15) is 17.8 Å². The fourth-order valence-corrected chi connectivity index (χ4v) is 6.50. The van der Waals surface area contributed by atoms with Gasteiger partial charge in [0.05, 0.1) is 25.7 Å². The van der Waals surface area contributed by atoms with Gasteiger partial charge in [-0.05, 0) is 48.1 Å². The Balaban J connectivity index is 1.31. The average molecular weight is 427 g/mol. The van der Waals surface area contributed by atoms with Gasteiger partial charge in [-0.2, -0.15) is 0 Å². The summed E-state index contributed by atoms with van der Waals surface area (Å²) in [4.78, 5) is 14.2. The Morgan fingerprint density at radius 3 is 2.74 bits per heavy atom. The van der Waals surface area contributed by atoms with E-state index in [4.69, 9.17) is 4.74 Å². The number of ether oxygens (including phenoxy) is 1. The van der Waals surface area contributed by atoms with E-state index in [9.17, 15) is 14.3 Å². The van der Waals surface area contributed by atoms with Crippen molar-refractivity contribution in [2.75, 3.05) is 19.6 Å². The number of nitrogens with one attached hydrogen (secondary N) is 1. The molecule has 1 aromatic rings. The van der Waals surface area contributed by atoms with Crippen molar-refractivity contribution >= 4 is 11.5 Å². The number of aliphatic hydroxyl groups is 1. The maximum absolute atomic E-state index is 13.2. The SMILES string of the molecule is C[C@H]1CCC=C2C[C@H]3OC(=O)[C@@H](C[NH+]4CC=C(c5ccc(F)cc5)CC4)[C@H]3[C@H](O)[C@@]21C. The topological polar surface area (TPSA) is 51.0 Å². The summed E-state index contributed by atoms with van der Waals surface area (Å²) in [6.07, 6.45) is 7.57. The molecule has 1 saturated carbocycles. The lowest BCUT2D eigenvalue weighted by molar-refractivity contribution is -0.897. The van der Waals surface area contributed by atoms with E-state index >= 15 is 0 Å². The molecule has 2 aliphatic carbocycles. The highest BCUT2D eigenvalue weighted by molar-refractivity contribution is 5.76. The Morgan fingerprint density at radius 1 is 1.26 bits per heavy atom. The van der Waals surface area contributed by atoms with Crippen LogP contribution in [0.4, 0.5) is 4.39 Å². The van der Waals surface area contributed by atoms with Crippen LogP contribution in [0.2, 0.25) is 0 Å². The average Bonchev–Trinajstić information content (AvgIpc) is 3.07. The van der Waals surface area contributed by atoms with Crippen LogP contribution in [-0.2, 0) is 9.53 Å². The van der Waals surface area contributed by atoms with Crippen LogP contribution in [0.5, 0.6) is 0 Å². The normalized spacial score (nSPS) is 39.8. The van der Waals surface area contributed by atoms with E-state index < -0.39 is 6.10 Å². The van der Waals surface area contributed by atoms with Crippen LogP contribution in [0.3, 0.4) is 0 Å². The number of quaternary nitrogens is 1. The van der Waals surface area contributed by atoms with E-state index in [0.29, 0.717) is 12.5 Å². The fourth-order valence-electron chi connectivity index (χ4n) is 6.50. The Morgan fingerprint density at radius 2 is 2.03 bits per heavy atom. The molecule has 1 saturated heterocycles. The van der Waals surface area contributed by atoms with E-state index in [0.717, 1.165) is 44.3 Å². The van der Waals surface area contributed by atoms with Crippen LogP contribution in [0.25, 0.3) is 5.57 Å². The molecule has 5 rings (SSSR count). The zero-order valence-corrected chi connectivity index (χ0v) is 18.4. The molecule has 4 aliphatic rings. The largest absolute Gasteiger partial charge is 0.461 e. The minimum atomic E-state index is -0.543. The number of fused-ring (bicyclic) bond motifs is 2. The van der Waals surface area contributed by atoms with Crippen molar-refractivity contribution in [3.05, 3.63) is 53.4 Å². The molecule has 0 bridgehead atoms. The first kappa shape index (κ1) is 20.9. The van der Waals surface area contributed by atoms with Crippen LogP contribution in [0.15, 0.2) is 42.0 Å². The lowest BCUT2D eigenvalue weighted by atomic mass is 9.55. The van der Waals surface area contributed by atoms with Gasteiger partial charge in [-0.15, -0.1) is 0 Å². The molecule has 0 radical (unpaired) electrons. The summed E-state index contributed by atoms with van der Waals surface area (Å²) in [6, 6.07) is 6.68. The molecule has 7 atom stereocenters. The molecule has 31 heavy (non-hydrogen) atoms. The van der Waals surface area contributed by atoms with Gasteiger partial charge in [0.2, 0.25) is 0 Å². The summed E-state index contributed by atoms with van der Waals surface area (Å²) in [5, 5.41) is 11.5. The first-order valence-electron chi connectivity index (χ1n) is 11.7. The Kier molecular flexibility index (Phi) is 5.30. The van der Waals surface area contributed by atoms with E-state index in [2.05, 4.69) is 26.0 Å². The third kappa shape index (κ3) is 3.46. The third-order valence-electron chi connectivity index (χ3n) is 8.68. The zero-order valence-electron chi connectivity index (χ0n) is 18.4. The molecule has 1 aromatic carbocycles. The second-order valence-electron chi connectivity index (χ2n) is 10.2. The van der Waals surface area contributed by atoms with Crippen molar-refractivity contribution in [2.24, 2.45) is 23.2 Å². The highest BCUT2D eigenvalue weighted by Crippen LogP contribution is 2.55. The molecule has 5 heteroatoms. The van der Waals surface area contributed by atoms with Crippen LogP contribution in [0, 0.1) is 29.0 Å². The Hall–Kier alpha value is -1.98. The minimum absolute atomic E-state index is 0.120. The van der Waals surface area contributed by atoms with Crippen LogP contribution in [0.1, 0.15) is 45.1 Å². The molecule has 2 heterocycles. The van der Waals surface area contributed by atoms with Gasteiger partial charge in [0.25, 0.3) is 0 Å². The Bertz CT molecular complexity index is 923. The second kappa shape index (κ2) is 7.86. The predicted octanol–water partition coefficient (Wildman–Crippen LogP) is 2.78. The fraction of sp³-hybridized carbons (Fsp3) is 0.577. The van der Waals surface area contributed by atoms with Crippen LogP contribution in [-0.4, -0.2) is 42.9 Å². The number of carbonyl (C=O) groups excluding carboxylic acids is 1. The predicted molar refractivity (Wildman–Crippen MR) is 117 cm³/mol. The van der Waals surface area contributed by atoms with E-state index in [1.54, 1.807) is 0 Å². The van der Waals surface area contributed by atoms with Gasteiger partial charge in [-0.3, -0.25) is 4.79 Å². The number of allylic oxidation sites excluding steroid dienone is 1. The van der Waals surface area contributed by atoms with E-state index in [-0.39, 0.29) is 35.1 Å². The van der Waals surface area contributed by atoms with Gasteiger partial charge in [-0.1, -0.05) is 37.6 Å². The molecule has 1 unspecified atom stereocenters. The van der Waals surface area contributed by atoms with E-state index in [1.807, 2.05) is 12.1 Å². The van der Waals surface area contributed by atoms with Crippen LogP contribution >= 0.6 is 0 Å².